The maximum Gasteiger partial charge on any atom is 0.291 e. The van der Waals surface area contributed by atoms with Gasteiger partial charge in [0.25, 0.3) is 11.8 Å². The summed E-state index contributed by atoms with van der Waals surface area (Å²) in [4.78, 5) is 35.1. The summed E-state index contributed by atoms with van der Waals surface area (Å²) in [6.07, 6.45) is 2.76. The summed E-state index contributed by atoms with van der Waals surface area (Å²) in [6.45, 7) is 1.27. The predicted octanol–water partition coefficient (Wildman–Crippen LogP) is 0.305. The standard InChI is InChI=1S/C17H16N2O5/c1-11(17(22)23)18-15(20)13(10-12-6-3-2-4-7-12)19-16(21)14-8-5-9-24-14/h2-11H,1H3,(H,18,20)(H,19,21)(H,22,23)/p-1/b13-10-/t11-/m0/s1. The minimum atomic E-state index is -1.43. The average Bonchev–Trinajstić information content (AvgIpc) is 3.09. The molecule has 2 N–H and O–H groups in total. The van der Waals surface area contributed by atoms with E-state index < -0.39 is 23.8 Å². The van der Waals surface area contributed by atoms with Gasteiger partial charge in [-0.05, 0) is 30.7 Å². The molecule has 1 heterocycles. The molecule has 2 rings (SSSR count). The molecule has 0 fully saturated rings. The summed E-state index contributed by atoms with van der Waals surface area (Å²) in [5.41, 5.74) is 0.541. The van der Waals surface area contributed by atoms with Crippen LogP contribution in [0, 0.1) is 0 Å². The van der Waals surface area contributed by atoms with Crippen LogP contribution in [-0.2, 0) is 9.59 Å². The quantitative estimate of drug-likeness (QED) is 0.742. The third kappa shape index (κ3) is 4.57. The first-order valence-electron chi connectivity index (χ1n) is 7.10. The number of amides is 2. The van der Waals surface area contributed by atoms with Gasteiger partial charge >= 0.3 is 0 Å². The van der Waals surface area contributed by atoms with Crippen LogP contribution in [-0.4, -0.2) is 23.8 Å². The Morgan fingerprint density at radius 2 is 1.83 bits per heavy atom. The van der Waals surface area contributed by atoms with Crippen LogP contribution < -0.4 is 15.7 Å². The maximum atomic E-state index is 12.3. The lowest BCUT2D eigenvalue weighted by atomic mass is 10.2. The number of hydrogen-bond acceptors (Lipinski definition) is 5. The number of furan rings is 1. The van der Waals surface area contributed by atoms with E-state index in [-0.39, 0.29) is 11.5 Å². The molecule has 0 radical (unpaired) electrons. The number of rotatable bonds is 6. The molecule has 0 saturated heterocycles. The number of hydrogen-bond donors (Lipinski definition) is 2. The van der Waals surface area contributed by atoms with Gasteiger partial charge in [-0.3, -0.25) is 9.59 Å². The van der Waals surface area contributed by atoms with Crippen molar-refractivity contribution in [3.05, 3.63) is 65.7 Å². The molecule has 0 aliphatic carbocycles. The lowest BCUT2D eigenvalue weighted by molar-refractivity contribution is -0.307. The van der Waals surface area contributed by atoms with Crippen LogP contribution in [0.2, 0.25) is 0 Å². The summed E-state index contributed by atoms with van der Waals surface area (Å²) in [7, 11) is 0. The fourth-order valence-corrected chi connectivity index (χ4v) is 1.80. The van der Waals surface area contributed by atoms with E-state index in [0.717, 1.165) is 0 Å². The van der Waals surface area contributed by atoms with E-state index >= 15 is 0 Å². The summed E-state index contributed by atoms with van der Waals surface area (Å²) in [5.74, 6) is -2.79. The Kier molecular flexibility index (Phi) is 5.51. The Labute approximate surface area is 138 Å². The van der Waals surface area contributed by atoms with E-state index in [0.29, 0.717) is 5.56 Å². The normalized spacial score (nSPS) is 12.3. The number of carboxylic acid groups (broad SMARTS) is 1. The van der Waals surface area contributed by atoms with Crippen molar-refractivity contribution in [3.63, 3.8) is 0 Å². The van der Waals surface area contributed by atoms with Gasteiger partial charge in [0, 0.05) is 0 Å². The van der Waals surface area contributed by atoms with Crippen molar-refractivity contribution in [1.29, 1.82) is 0 Å². The molecule has 0 unspecified atom stereocenters. The van der Waals surface area contributed by atoms with Crippen molar-refractivity contribution in [3.8, 4) is 0 Å². The second-order valence-electron chi connectivity index (χ2n) is 4.91. The molecule has 0 aliphatic rings. The Bertz CT molecular complexity index is 751. The van der Waals surface area contributed by atoms with Crippen molar-refractivity contribution < 1.29 is 23.9 Å². The van der Waals surface area contributed by atoms with E-state index in [1.54, 1.807) is 30.3 Å². The average molecular weight is 327 g/mol. The van der Waals surface area contributed by atoms with Gasteiger partial charge in [0.2, 0.25) is 0 Å². The van der Waals surface area contributed by atoms with Gasteiger partial charge in [-0.25, -0.2) is 0 Å². The second-order valence-corrected chi connectivity index (χ2v) is 4.91. The van der Waals surface area contributed by atoms with Gasteiger partial charge in [0.1, 0.15) is 5.70 Å². The first kappa shape index (κ1) is 17.0. The molecule has 0 saturated carbocycles. The third-order valence-electron chi connectivity index (χ3n) is 3.05. The Morgan fingerprint density at radius 1 is 1.12 bits per heavy atom. The van der Waals surface area contributed by atoms with Gasteiger partial charge in [-0.2, -0.15) is 0 Å². The first-order valence-corrected chi connectivity index (χ1v) is 7.10. The van der Waals surface area contributed by atoms with E-state index in [9.17, 15) is 19.5 Å². The number of nitrogens with one attached hydrogen (secondary N) is 2. The largest absolute Gasteiger partial charge is 0.548 e. The molecular formula is C17H15N2O5-. The molecule has 1 aromatic heterocycles. The van der Waals surface area contributed by atoms with Crippen molar-refractivity contribution in [2.75, 3.05) is 0 Å². The van der Waals surface area contributed by atoms with Crippen LogP contribution in [0.5, 0.6) is 0 Å². The molecule has 1 atom stereocenters. The molecule has 2 amide bonds. The Hall–Kier alpha value is -3.35. The van der Waals surface area contributed by atoms with E-state index in [4.69, 9.17) is 4.42 Å². The van der Waals surface area contributed by atoms with Gasteiger partial charge in [0.05, 0.1) is 18.3 Å². The van der Waals surface area contributed by atoms with Gasteiger partial charge in [-0.1, -0.05) is 30.3 Å². The summed E-state index contributed by atoms with van der Waals surface area (Å²) < 4.78 is 4.97. The summed E-state index contributed by atoms with van der Waals surface area (Å²) in [5, 5.41) is 15.4. The van der Waals surface area contributed by atoms with E-state index in [1.165, 1.54) is 31.4 Å². The SMILES string of the molecule is C[C@H](NC(=O)/C(=C/c1ccccc1)NC(=O)c1ccco1)C(=O)[O-]. The molecule has 24 heavy (non-hydrogen) atoms. The smallest absolute Gasteiger partial charge is 0.291 e. The molecule has 0 spiro atoms. The highest BCUT2D eigenvalue weighted by molar-refractivity contribution is 6.05. The molecule has 1 aromatic carbocycles. The molecule has 124 valence electrons. The monoisotopic (exact) mass is 327 g/mol. The number of carbonyl (C=O) groups is 3. The van der Waals surface area contributed by atoms with Gasteiger partial charge < -0.3 is 25.0 Å². The zero-order valence-corrected chi connectivity index (χ0v) is 12.8. The Balaban J connectivity index is 2.24. The van der Waals surface area contributed by atoms with Crippen LogP contribution >= 0.6 is 0 Å². The second kappa shape index (κ2) is 7.77. The number of benzene rings is 1. The third-order valence-corrected chi connectivity index (χ3v) is 3.05. The number of carbonyl (C=O) groups excluding carboxylic acids is 3. The van der Waals surface area contributed by atoms with Crippen molar-refractivity contribution in [2.45, 2.75) is 13.0 Å². The van der Waals surface area contributed by atoms with Crippen LogP contribution in [0.15, 0.2) is 58.8 Å². The first-order chi connectivity index (χ1) is 11.5. The highest BCUT2D eigenvalue weighted by atomic mass is 16.4. The molecule has 7 heteroatoms. The minimum absolute atomic E-state index is 0.0229. The molecular weight excluding hydrogens is 312 g/mol. The highest BCUT2D eigenvalue weighted by Gasteiger charge is 2.18. The fraction of sp³-hybridized carbons (Fsp3) is 0.118. The van der Waals surface area contributed by atoms with Crippen molar-refractivity contribution >= 4 is 23.9 Å². The lowest BCUT2D eigenvalue weighted by Crippen LogP contribution is -2.48. The lowest BCUT2D eigenvalue weighted by Gasteiger charge is -2.16. The fourth-order valence-electron chi connectivity index (χ4n) is 1.80. The van der Waals surface area contributed by atoms with Crippen LogP contribution in [0.1, 0.15) is 23.0 Å². The number of aliphatic carboxylic acids is 1. The minimum Gasteiger partial charge on any atom is -0.548 e. The van der Waals surface area contributed by atoms with Crippen molar-refractivity contribution in [2.24, 2.45) is 0 Å². The van der Waals surface area contributed by atoms with Gasteiger partial charge in [0.15, 0.2) is 5.76 Å². The van der Waals surface area contributed by atoms with Crippen LogP contribution in [0.25, 0.3) is 6.08 Å². The molecule has 7 nitrogen and oxygen atoms in total. The van der Waals surface area contributed by atoms with Crippen LogP contribution in [0.4, 0.5) is 0 Å². The maximum absolute atomic E-state index is 12.3. The topological polar surface area (TPSA) is 111 Å². The molecule has 2 aromatic rings. The molecule has 0 bridgehead atoms. The Morgan fingerprint density at radius 3 is 2.42 bits per heavy atom. The van der Waals surface area contributed by atoms with E-state index in [2.05, 4.69) is 10.6 Å². The van der Waals surface area contributed by atoms with E-state index in [1.807, 2.05) is 0 Å². The predicted molar refractivity (Wildman–Crippen MR) is 83.2 cm³/mol. The highest BCUT2D eigenvalue weighted by Crippen LogP contribution is 2.07. The zero-order chi connectivity index (χ0) is 17.5. The summed E-state index contributed by atoms with van der Waals surface area (Å²) in [6, 6.07) is 10.6. The zero-order valence-electron chi connectivity index (χ0n) is 12.8. The molecule has 0 aliphatic heterocycles. The van der Waals surface area contributed by atoms with Crippen molar-refractivity contribution in [1.82, 2.24) is 10.6 Å². The van der Waals surface area contributed by atoms with Crippen LogP contribution in [0.3, 0.4) is 0 Å². The summed E-state index contributed by atoms with van der Waals surface area (Å²) >= 11 is 0. The number of carboxylic acids is 1. The van der Waals surface area contributed by atoms with Gasteiger partial charge in [-0.15, -0.1) is 0 Å².